The van der Waals surface area contributed by atoms with Gasteiger partial charge in [0.15, 0.2) is 0 Å². The van der Waals surface area contributed by atoms with E-state index in [9.17, 15) is 5.11 Å². The lowest BCUT2D eigenvalue weighted by Gasteiger charge is -2.26. The summed E-state index contributed by atoms with van der Waals surface area (Å²) < 4.78 is 0. The Morgan fingerprint density at radius 3 is 2.56 bits per heavy atom. The fourth-order valence-electron chi connectivity index (χ4n) is 2.84. The van der Waals surface area contributed by atoms with Crippen molar-refractivity contribution in [2.24, 2.45) is 0 Å². The molecule has 0 bridgehead atoms. The monoisotopic (exact) mass is 218 g/mol. The van der Waals surface area contributed by atoms with Crippen molar-refractivity contribution < 1.29 is 5.11 Å². The molecule has 1 aromatic carbocycles. The first-order valence-electron chi connectivity index (χ1n) is 6.52. The summed E-state index contributed by atoms with van der Waals surface area (Å²) >= 11 is 0. The Kier molecular flexibility index (Phi) is 4.00. The van der Waals surface area contributed by atoms with E-state index in [0.29, 0.717) is 0 Å². The zero-order valence-corrected chi connectivity index (χ0v) is 10.2. The molecule has 0 heterocycles. The quantitative estimate of drug-likeness (QED) is 0.817. The molecule has 0 aliphatic heterocycles. The fraction of sp³-hybridized carbons (Fsp3) is 0.600. The van der Waals surface area contributed by atoms with Crippen LogP contribution >= 0.6 is 0 Å². The Hall–Kier alpha value is -0.820. The summed E-state index contributed by atoms with van der Waals surface area (Å²) in [6, 6.07) is 8.67. The first kappa shape index (κ1) is 11.7. The van der Waals surface area contributed by atoms with Crippen LogP contribution in [0.1, 0.15) is 62.0 Å². The smallest absolute Gasteiger partial charge is 0.0497 e. The van der Waals surface area contributed by atoms with Gasteiger partial charge >= 0.3 is 0 Å². The molecule has 2 rings (SSSR count). The Morgan fingerprint density at radius 2 is 1.88 bits per heavy atom. The van der Waals surface area contributed by atoms with Gasteiger partial charge in [-0.3, -0.25) is 0 Å². The predicted octanol–water partition coefficient (Wildman–Crippen LogP) is 3.83. The Bertz CT molecular complexity index is 326. The molecule has 0 radical (unpaired) electrons. The summed E-state index contributed by atoms with van der Waals surface area (Å²) in [7, 11) is 0. The molecule has 0 aromatic heterocycles. The topological polar surface area (TPSA) is 20.2 Å². The van der Waals surface area contributed by atoms with Gasteiger partial charge in [0.05, 0.1) is 0 Å². The highest BCUT2D eigenvalue weighted by Gasteiger charge is 2.19. The summed E-state index contributed by atoms with van der Waals surface area (Å²) in [6.45, 7) is 2.37. The van der Waals surface area contributed by atoms with Gasteiger partial charge in [0.25, 0.3) is 0 Å². The Labute approximate surface area is 98.5 Å². The minimum absolute atomic E-state index is 0.254. The van der Waals surface area contributed by atoms with E-state index in [1.807, 2.05) is 0 Å². The summed E-state index contributed by atoms with van der Waals surface area (Å²) in [5.74, 6) is 1.01. The third-order valence-corrected chi connectivity index (χ3v) is 3.85. The van der Waals surface area contributed by atoms with Crippen LogP contribution in [0.15, 0.2) is 24.3 Å². The lowest BCUT2D eigenvalue weighted by Crippen LogP contribution is -2.10. The van der Waals surface area contributed by atoms with Crippen molar-refractivity contribution in [3.63, 3.8) is 0 Å². The van der Waals surface area contributed by atoms with Gasteiger partial charge < -0.3 is 5.11 Å². The third-order valence-electron chi connectivity index (χ3n) is 3.85. The zero-order chi connectivity index (χ0) is 11.4. The minimum Gasteiger partial charge on any atom is -0.396 e. The third kappa shape index (κ3) is 2.46. The van der Waals surface area contributed by atoms with Crippen molar-refractivity contribution in [1.29, 1.82) is 0 Å². The highest BCUT2D eigenvalue weighted by molar-refractivity contribution is 5.33. The maximum Gasteiger partial charge on any atom is 0.0497 e. The second kappa shape index (κ2) is 5.49. The molecular weight excluding hydrogens is 196 g/mol. The highest BCUT2D eigenvalue weighted by Crippen LogP contribution is 2.36. The van der Waals surface area contributed by atoms with Gasteiger partial charge in [0, 0.05) is 12.5 Å². The first-order chi connectivity index (χ1) is 7.83. The second-order valence-corrected chi connectivity index (χ2v) is 5.05. The van der Waals surface area contributed by atoms with Gasteiger partial charge in [-0.25, -0.2) is 0 Å². The van der Waals surface area contributed by atoms with Crippen molar-refractivity contribution >= 4 is 0 Å². The summed E-state index contributed by atoms with van der Waals surface area (Å²) in [4.78, 5) is 0. The molecule has 0 saturated heterocycles. The molecule has 1 nitrogen and oxygen atoms in total. The SMILES string of the molecule is CC(CO)c1ccccc1C1CCCCC1. The van der Waals surface area contributed by atoms with Crippen molar-refractivity contribution in [1.82, 2.24) is 0 Å². The van der Waals surface area contributed by atoms with E-state index in [1.165, 1.54) is 43.2 Å². The van der Waals surface area contributed by atoms with Crippen LogP contribution in [-0.2, 0) is 0 Å². The van der Waals surface area contributed by atoms with Crippen molar-refractivity contribution in [2.75, 3.05) is 6.61 Å². The number of aliphatic hydroxyl groups excluding tert-OH is 1. The molecule has 1 N–H and O–H groups in total. The molecule has 1 aromatic rings. The first-order valence-corrected chi connectivity index (χ1v) is 6.52. The average molecular weight is 218 g/mol. The number of hydrogen-bond acceptors (Lipinski definition) is 1. The van der Waals surface area contributed by atoms with Crippen LogP contribution in [0.2, 0.25) is 0 Å². The van der Waals surface area contributed by atoms with E-state index < -0.39 is 0 Å². The molecule has 1 unspecified atom stereocenters. The van der Waals surface area contributed by atoms with Gasteiger partial charge in [0.1, 0.15) is 0 Å². The fourth-order valence-corrected chi connectivity index (χ4v) is 2.84. The van der Waals surface area contributed by atoms with Gasteiger partial charge in [-0.05, 0) is 29.9 Å². The molecule has 1 saturated carbocycles. The minimum atomic E-state index is 0.254. The van der Waals surface area contributed by atoms with Gasteiger partial charge in [-0.15, -0.1) is 0 Å². The van der Waals surface area contributed by atoms with Crippen molar-refractivity contribution in [2.45, 2.75) is 50.9 Å². The molecule has 88 valence electrons. The highest BCUT2D eigenvalue weighted by atomic mass is 16.3. The van der Waals surface area contributed by atoms with Crippen LogP contribution in [0.5, 0.6) is 0 Å². The summed E-state index contributed by atoms with van der Waals surface area (Å²) in [6.07, 6.45) is 6.79. The largest absolute Gasteiger partial charge is 0.396 e. The van der Waals surface area contributed by atoms with Gasteiger partial charge in [-0.2, -0.15) is 0 Å². The molecule has 1 fully saturated rings. The van der Waals surface area contributed by atoms with Gasteiger partial charge in [0.2, 0.25) is 0 Å². The van der Waals surface area contributed by atoms with E-state index in [1.54, 1.807) is 0 Å². The molecule has 16 heavy (non-hydrogen) atoms. The molecule has 1 aliphatic rings. The number of aliphatic hydroxyl groups is 1. The number of hydrogen-bond donors (Lipinski definition) is 1. The molecule has 1 heteroatoms. The summed E-state index contributed by atoms with van der Waals surface area (Å²) in [5, 5.41) is 9.31. The predicted molar refractivity (Wildman–Crippen MR) is 67.8 cm³/mol. The lowest BCUT2D eigenvalue weighted by molar-refractivity contribution is 0.272. The van der Waals surface area contributed by atoms with E-state index in [2.05, 4.69) is 31.2 Å². The Balaban J connectivity index is 2.24. The van der Waals surface area contributed by atoms with Crippen LogP contribution in [0, 0.1) is 0 Å². The van der Waals surface area contributed by atoms with Crippen LogP contribution in [-0.4, -0.2) is 11.7 Å². The van der Waals surface area contributed by atoms with Gasteiger partial charge in [-0.1, -0.05) is 50.5 Å². The molecule has 1 atom stereocenters. The zero-order valence-electron chi connectivity index (χ0n) is 10.2. The normalized spacial score (nSPS) is 19.6. The molecular formula is C15H22O. The Morgan fingerprint density at radius 1 is 1.19 bits per heavy atom. The number of benzene rings is 1. The molecule has 1 aliphatic carbocycles. The molecule has 0 spiro atoms. The van der Waals surface area contributed by atoms with Crippen LogP contribution in [0.4, 0.5) is 0 Å². The van der Waals surface area contributed by atoms with Crippen LogP contribution in [0.25, 0.3) is 0 Å². The van der Waals surface area contributed by atoms with E-state index in [0.717, 1.165) is 5.92 Å². The van der Waals surface area contributed by atoms with E-state index in [-0.39, 0.29) is 12.5 Å². The summed E-state index contributed by atoms with van der Waals surface area (Å²) in [5.41, 5.74) is 2.85. The van der Waals surface area contributed by atoms with Crippen LogP contribution < -0.4 is 0 Å². The lowest BCUT2D eigenvalue weighted by atomic mass is 9.80. The van der Waals surface area contributed by atoms with Crippen molar-refractivity contribution in [3.05, 3.63) is 35.4 Å². The van der Waals surface area contributed by atoms with Crippen molar-refractivity contribution in [3.8, 4) is 0 Å². The van der Waals surface area contributed by atoms with Crippen LogP contribution in [0.3, 0.4) is 0 Å². The number of rotatable bonds is 3. The maximum absolute atomic E-state index is 9.31. The standard InChI is InChI=1S/C15H22O/c1-12(11-16)14-9-5-6-10-15(14)13-7-3-2-4-8-13/h5-6,9-10,12-13,16H,2-4,7-8,11H2,1H3. The average Bonchev–Trinajstić information content (AvgIpc) is 2.39. The second-order valence-electron chi connectivity index (χ2n) is 5.05. The van der Waals surface area contributed by atoms with E-state index in [4.69, 9.17) is 0 Å². The maximum atomic E-state index is 9.31. The molecule has 0 amide bonds. The van der Waals surface area contributed by atoms with E-state index >= 15 is 0 Å².